The molecule has 1 aromatic rings. The van der Waals surface area contributed by atoms with Crippen LogP contribution in [0.25, 0.3) is 0 Å². The molecule has 1 N–H and O–H groups in total. The average molecular weight is 238 g/mol. The van der Waals surface area contributed by atoms with Gasteiger partial charge in [-0.3, -0.25) is 0 Å². The molecule has 2 nitrogen and oxygen atoms in total. The fourth-order valence-corrected chi connectivity index (χ4v) is 3.30. The molecular formula is C13H22N2S. The zero-order chi connectivity index (χ0) is 11.8. The number of hydrogen-bond donors (Lipinski definition) is 1. The molecule has 0 saturated heterocycles. The van der Waals surface area contributed by atoms with Gasteiger partial charge in [0.1, 0.15) is 5.01 Å². The first-order valence-corrected chi connectivity index (χ1v) is 7.09. The normalized spacial score (nSPS) is 17.5. The Morgan fingerprint density at radius 1 is 1.44 bits per heavy atom. The second-order valence-corrected chi connectivity index (χ2v) is 6.49. The zero-order valence-corrected chi connectivity index (χ0v) is 11.6. The molecule has 2 rings (SSSR count). The third-order valence-electron chi connectivity index (χ3n) is 3.47. The van der Waals surface area contributed by atoms with Gasteiger partial charge in [0.15, 0.2) is 0 Å². The SMILES string of the molecule is CCC(C)(C)NC(C)c1nc2c(s1)CCC2. The van der Waals surface area contributed by atoms with Crippen LogP contribution in [-0.2, 0) is 12.8 Å². The van der Waals surface area contributed by atoms with Gasteiger partial charge in [0.05, 0.1) is 11.7 Å². The first-order chi connectivity index (χ1) is 7.52. The van der Waals surface area contributed by atoms with E-state index in [0.717, 1.165) is 6.42 Å². The summed E-state index contributed by atoms with van der Waals surface area (Å²) < 4.78 is 0. The summed E-state index contributed by atoms with van der Waals surface area (Å²) in [4.78, 5) is 6.29. The Kier molecular flexibility index (Phi) is 3.36. The van der Waals surface area contributed by atoms with Crippen molar-refractivity contribution in [2.75, 3.05) is 0 Å². The Labute approximate surface area is 102 Å². The molecule has 0 spiro atoms. The Balaban J connectivity index is 2.06. The van der Waals surface area contributed by atoms with E-state index in [1.807, 2.05) is 11.3 Å². The first kappa shape index (κ1) is 12.1. The van der Waals surface area contributed by atoms with Crippen molar-refractivity contribution >= 4 is 11.3 Å². The monoisotopic (exact) mass is 238 g/mol. The number of nitrogens with zero attached hydrogens (tertiary/aromatic N) is 1. The van der Waals surface area contributed by atoms with Gasteiger partial charge in [0.2, 0.25) is 0 Å². The molecule has 0 aliphatic heterocycles. The lowest BCUT2D eigenvalue weighted by Gasteiger charge is -2.28. The van der Waals surface area contributed by atoms with Crippen LogP contribution >= 0.6 is 11.3 Å². The summed E-state index contributed by atoms with van der Waals surface area (Å²) in [5, 5.41) is 4.93. The molecule has 0 bridgehead atoms. The summed E-state index contributed by atoms with van der Waals surface area (Å²) >= 11 is 1.91. The summed E-state index contributed by atoms with van der Waals surface area (Å²) in [7, 11) is 0. The lowest BCUT2D eigenvalue weighted by atomic mass is 10.0. The minimum Gasteiger partial charge on any atom is -0.303 e. The van der Waals surface area contributed by atoms with Gasteiger partial charge in [0.25, 0.3) is 0 Å². The summed E-state index contributed by atoms with van der Waals surface area (Å²) in [6, 6.07) is 0.380. The zero-order valence-electron chi connectivity index (χ0n) is 10.8. The second kappa shape index (κ2) is 4.46. The third-order valence-corrected chi connectivity index (χ3v) is 4.81. The van der Waals surface area contributed by atoms with E-state index in [0.29, 0.717) is 6.04 Å². The third kappa shape index (κ3) is 2.46. The molecule has 1 atom stereocenters. The molecule has 0 amide bonds. The van der Waals surface area contributed by atoms with Crippen molar-refractivity contribution in [1.29, 1.82) is 0 Å². The van der Waals surface area contributed by atoms with Gasteiger partial charge in [-0.1, -0.05) is 6.92 Å². The largest absolute Gasteiger partial charge is 0.303 e. The highest BCUT2D eigenvalue weighted by Gasteiger charge is 2.23. The molecule has 0 fully saturated rings. The second-order valence-electron chi connectivity index (χ2n) is 5.38. The Bertz CT molecular complexity index is 347. The fraction of sp³-hybridized carbons (Fsp3) is 0.769. The van der Waals surface area contributed by atoms with Crippen molar-refractivity contribution in [2.24, 2.45) is 0 Å². The van der Waals surface area contributed by atoms with Crippen LogP contribution in [0.15, 0.2) is 0 Å². The van der Waals surface area contributed by atoms with Crippen molar-refractivity contribution in [1.82, 2.24) is 10.3 Å². The van der Waals surface area contributed by atoms with Crippen LogP contribution in [-0.4, -0.2) is 10.5 Å². The number of aryl methyl sites for hydroxylation is 2. The molecule has 1 aliphatic rings. The Hall–Kier alpha value is -0.410. The smallest absolute Gasteiger partial charge is 0.110 e. The highest BCUT2D eigenvalue weighted by molar-refractivity contribution is 7.11. The van der Waals surface area contributed by atoms with Crippen LogP contribution in [0, 0.1) is 0 Å². The topological polar surface area (TPSA) is 24.9 Å². The van der Waals surface area contributed by atoms with E-state index in [-0.39, 0.29) is 5.54 Å². The van der Waals surface area contributed by atoms with Crippen molar-refractivity contribution in [3.63, 3.8) is 0 Å². The lowest BCUT2D eigenvalue weighted by Crippen LogP contribution is -2.40. The molecule has 16 heavy (non-hydrogen) atoms. The molecule has 1 aromatic heterocycles. The van der Waals surface area contributed by atoms with Crippen molar-refractivity contribution in [2.45, 2.75) is 65.0 Å². The minimum atomic E-state index is 0.204. The number of nitrogens with one attached hydrogen (secondary N) is 1. The molecule has 1 unspecified atom stereocenters. The van der Waals surface area contributed by atoms with E-state index in [9.17, 15) is 0 Å². The van der Waals surface area contributed by atoms with Crippen LogP contribution < -0.4 is 5.32 Å². The standard InChI is InChI=1S/C13H22N2S/c1-5-13(3,4)15-9(2)12-14-10-7-6-8-11(10)16-12/h9,15H,5-8H2,1-4H3. The number of thiazole rings is 1. The van der Waals surface area contributed by atoms with Crippen LogP contribution in [0.3, 0.4) is 0 Å². The van der Waals surface area contributed by atoms with Crippen LogP contribution in [0.4, 0.5) is 0 Å². The van der Waals surface area contributed by atoms with E-state index in [2.05, 4.69) is 33.0 Å². The van der Waals surface area contributed by atoms with E-state index < -0.39 is 0 Å². The van der Waals surface area contributed by atoms with Gasteiger partial charge in [-0.2, -0.15) is 0 Å². The van der Waals surface area contributed by atoms with Gasteiger partial charge in [-0.25, -0.2) is 4.98 Å². The number of fused-ring (bicyclic) bond motifs is 1. The van der Waals surface area contributed by atoms with Crippen molar-refractivity contribution in [3.05, 3.63) is 15.6 Å². The quantitative estimate of drug-likeness (QED) is 0.869. The lowest BCUT2D eigenvalue weighted by molar-refractivity contribution is 0.337. The number of rotatable bonds is 4. The molecule has 1 heterocycles. The average Bonchev–Trinajstić information content (AvgIpc) is 2.75. The first-order valence-electron chi connectivity index (χ1n) is 6.28. The van der Waals surface area contributed by atoms with Crippen LogP contribution in [0.1, 0.15) is 62.2 Å². The predicted octanol–water partition coefficient (Wildman–Crippen LogP) is 3.47. The summed E-state index contributed by atoms with van der Waals surface area (Å²) in [5.74, 6) is 0. The summed E-state index contributed by atoms with van der Waals surface area (Å²) in [5.41, 5.74) is 1.57. The van der Waals surface area contributed by atoms with E-state index in [4.69, 9.17) is 4.98 Å². The highest BCUT2D eigenvalue weighted by Crippen LogP contribution is 2.31. The van der Waals surface area contributed by atoms with E-state index in [1.165, 1.54) is 34.8 Å². The maximum Gasteiger partial charge on any atom is 0.110 e. The van der Waals surface area contributed by atoms with Gasteiger partial charge < -0.3 is 5.32 Å². The molecular weight excluding hydrogens is 216 g/mol. The van der Waals surface area contributed by atoms with Crippen LogP contribution in [0.5, 0.6) is 0 Å². The van der Waals surface area contributed by atoms with E-state index in [1.54, 1.807) is 0 Å². The maximum absolute atomic E-state index is 4.77. The van der Waals surface area contributed by atoms with Gasteiger partial charge in [-0.05, 0) is 46.5 Å². The predicted molar refractivity (Wildman–Crippen MR) is 70.1 cm³/mol. The number of hydrogen-bond acceptors (Lipinski definition) is 3. The summed E-state index contributed by atoms with van der Waals surface area (Å²) in [6.07, 6.45) is 4.88. The maximum atomic E-state index is 4.77. The van der Waals surface area contributed by atoms with Gasteiger partial charge in [-0.15, -0.1) is 11.3 Å². The van der Waals surface area contributed by atoms with E-state index >= 15 is 0 Å². The Morgan fingerprint density at radius 3 is 2.81 bits per heavy atom. The fourth-order valence-electron chi connectivity index (χ4n) is 2.15. The van der Waals surface area contributed by atoms with Gasteiger partial charge >= 0.3 is 0 Å². The van der Waals surface area contributed by atoms with Crippen LogP contribution in [0.2, 0.25) is 0 Å². The molecule has 0 saturated carbocycles. The molecule has 3 heteroatoms. The molecule has 90 valence electrons. The molecule has 1 aliphatic carbocycles. The molecule has 0 aromatic carbocycles. The summed E-state index contributed by atoms with van der Waals surface area (Å²) in [6.45, 7) is 8.96. The molecule has 0 radical (unpaired) electrons. The Morgan fingerprint density at radius 2 is 2.19 bits per heavy atom. The van der Waals surface area contributed by atoms with Gasteiger partial charge in [0, 0.05) is 10.4 Å². The number of aromatic nitrogens is 1. The highest BCUT2D eigenvalue weighted by atomic mass is 32.1. The van der Waals surface area contributed by atoms with Crippen molar-refractivity contribution < 1.29 is 0 Å². The minimum absolute atomic E-state index is 0.204. The van der Waals surface area contributed by atoms with Crippen molar-refractivity contribution in [3.8, 4) is 0 Å².